The molecule has 0 aromatic carbocycles. The van der Waals surface area contributed by atoms with Crippen LogP contribution >= 0.6 is 0 Å². The predicted octanol–water partition coefficient (Wildman–Crippen LogP) is 0.448. The molecule has 0 atom stereocenters. The first-order valence-electron chi connectivity index (χ1n) is 5.08. The molecule has 0 saturated heterocycles. The summed E-state index contributed by atoms with van der Waals surface area (Å²) in [6.07, 6.45) is 0.906. The van der Waals surface area contributed by atoms with Crippen LogP contribution in [0.1, 0.15) is 13.3 Å². The van der Waals surface area contributed by atoms with Crippen LogP contribution in [0.5, 0.6) is 0 Å². The highest BCUT2D eigenvalue weighted by Crippen LogP contribution is 2.10. The molecule has 0 radical (unpaired) electrons. The second-order valence-corrected chi connectivity index (χ2v) is 3.31. The van der Waals surface area contributed by atoms with Crippen LogP contribution in [-0.2, 0) is 9.53 Å². The lowest BCUT2D eigenvalue weighted by molar-refractivity contribution is -0.138. The fourth-order valence-corrected chi connectivity index (χ4v) is 1.27. The van der Waals surface area contributed by atoms with Crippen LogP contribution in [0, 0.1) is 0 Å². The SMILES string of the molecule is CCCN(CC(=O)OC)c1ccc(N)nn1. The van der Waals surface area contributed by atoms with E-state index >= 15 is 0 Å². The number of methoxy groups -OCH3 is 1. The first kappa shape index (κ1) is 12.2. The van der Waals surface area contributed by atoms with E-state index in [1.807, 2.05) is 6.92 Å². The molecule has 16 heavy (non-hydrogen) atoms. The summed E-state index contributed by atoms with van der Waals surface area (Å²) in [6.45, 7) is 2.91. The van der Waals surface area contributed by atoms with Crippen LogP contribution in [-0.4, -0.2) is 36.4 Å². The average molecular weight is 224 g/mol. The Balaban J connectivity index is 2.76. The van der Waals surface area contributed by atoms with Crippen molar-refractivity contribution < 1.29 is 9.53 Å². The maximum absolute atomic E-state index is 11.2. The zero-order valence-electron chi connectivity index (χ0n) is 9.51. The maximum Gasteiger partial charge on any atom is 0.325 e. The van der Waals surface area contributed by atoms with Gasteiger partial charge < -0.3 is 15.4 Å². The van der Waals surface area contributed by atoms with Crippen LogP contribution in [0.2, 0.25) is 0 Å². The third kappa shape index (κ3) is 3.38. The summed E-state index contributed by atoms with van der Waals surface area (Å²) >= 11 is 0. The molecule has 88 valence electrons. The fraction of sp³-hybridized carbons (Fsp3) is 0.500. The summed E-state index contributed by atoms with van der Waals surface area (Å²) < 4.78 is 4.62. The zero-order chi connectivity index (χ0) is 12.0. The number of carbonyl (C=O) groups is 1. The van der Waals surface area contributed by atoms with E-state index in [4.69, 9.17) is 5.73 Å². The van der Waals surface area contributed by atoms with E-state index in [0.29, 0.717) is 18.2 Å². The van der Waals surface area contributed by atoms with Crippen LogP contribution < -0.4 is 10.6 Å². The van der Waals surface area contributed by atoms with E-state index in [0.717, 1.165) is 6.42 Å². The summed E-state index contributed by atoms with van der Waals surface area (Å²) in [7, 11) is 1.36. The minimum atomic E-state index is -0.299. The van der Waals surface area contributed by atoms with Gasteiger partial charge in [0.25, 0.3) is 0 Å². The highest BCUT2D eigenvalue weighted by Gasteiger charge is 2.12. The monoisotopic (exact) mass is 224 g/mol. The predicted molar refractivity (Wildman–Crippen MR) is 61.0 cm³/mol. The van der Waals surface area contributed by atoms with Crippen molar-refractivity contribution in [1.29, 1.82) is 0 Å². The summed E-state index contributed by atoms with van der Waals surface area (Å²) in [5.41, 5.74) is 5.44. The van der Waals surface area contributed by atoms with Gasteiger partial charge in [-0.2, -0.15) is 0 Å². The van der Waals surface area contributed by atoms with Crippen LogP contribution in [0.4, 0.5) is 11.6 Å². The van der Waals surface area contributed by atoms with E-state index < -0.39 is 0 Å². The normalized spacial score (nSPS) is 9.88. The van der Waals surface area contributed by atoms with Crippen LogP contribution in [0.25, 0.3) is 0 Å². The van der Waals surface area contributed by atoms with Gasteiger partial charge in [0, 0.05) is 6.54 Å². The molecule has 0 saturated carbocycles. The number of hydrogen-bond acceptors (Lipinski definition) is 6. The number of nitrogen functional groups attached to an aromatic ring is 1. The number of nitrogens with two attached hydrogens (primary N) is 1. The van der Waals surface area contributed by atoms with Gasteiger partial charge >= 0.3 is 5.97 Å². The third-order valence-corrected chi connectivity index (χ3v) is 2.04. The fourth-order valence-electron chi connectivity index (χ4n) is 1.27. The molecule has 0 aliphatic rings. The molecule has 6 heteroatoms. The Morgan fingerprint density at radius 3 is 2.75 bits per heavy atom. The summed E-state index contributed by atoms with van der Waals surface area (Å²) in [4.78, 5) is 13.0. The Morgan fingerprint density at radius 2 is 2.25 bits per heavy atom. The summed E-state index contributed by atoms with van der Waals surface area (Å²) in [5.74, 6) is 0.687. The topological polar surface area (TPSA) is 81.3 Å². The Morgan fingerprint density at radius 1 is 1.50 bits per heavy atom. The van der Waals surface area contributed by atoms with Crippen molar-refractivity contribution in [1.82, 2.24) is 10.2 Å². The van der Waals surface area contributed by atoms with Gasteiger partial charge in [-0.15, -0.1) is 10.2 Å². The molecule has 0 amide bonds. The molecule has 0 aliphatic heterocycles. The number of anilines is 2. The van der Waals surface area contributed by atoms with Crippen molar-refractivity contribution in [2.75, 3.05) is 30.8 Å². The highest BCUT2D eigenvalue weighted by atomic mass is 16.5. The van der Waals surface area contributed by atoms with Crippen molar-refractivity contribution >= 4 is 17.6 Å². The molecule has 1 heterocycles. The Hall–Kier alpha value is -1.85. The minimum Gasteiger partial charge on any atom is -0.468 e. The molecule has 1 rings (SSSR count). The Kier molecular flexibility index (Phi) is 4.50. The van der Waals surface area contributed by atoms with E-state index in [9.17, 15) is 4.79 Å². The van der Waals surface area contributed by atoms with Gasteiger partial charge in [0.15, 0.2) is 5.82 Å². The molecule has 6 nitrogen and oxygen atoms in total. The molecule has 0 unspecified atom stereocenters. The molecule has 0 bridgehead atoms. The average Bonchev–Trinajstić information content (AvgIpc) is 2.29. The molecule has 0 fully saturated rings. The number of hydrogen-bond donors (Lipinski definition) is 1. The number of rotatable bonds is 5. The van der Waals surface area contributed by atoms with Gasteiger partial charge in [-0.05, 0) is 18.6 Å². The standard InChI is InChI=1S/C10H16N4O2/c1-3-6-14(7-10(15)16-2)9-5-4-8(11)12-13-9/h4-5H,3,6-7H2,1-2H3,(H2,11,12). The van der Waals surface area contributed by atoms with Crippen molar-refractivity contribution in [2.45, 2.75) is 13.3 Å². The number of ether oxygens (including phenoxy) is 1. The molecular weight excluding hydrogens is 208 g/mol. The molecule has 2 N–H and O–H groups in total. The van der Waals surface area contributed by atoms with Crippen LogP contribution in [0.15, 0.2) is 12.1 Å². The first-order valence-corrected chi connectivity index (χ1v) is 5.08. The zero-order valence-corrected chi connectivity index (χ0v) is 9.51. The number of esters is 1. The van der Waals surface area contributed by atoms with E-state index in [1.165, 1.54) is 7.11 Å². The number of aromatic nitrogens is 2. The summed E-state index contributed by atoms with van der Waals surface area (Å²) in [6, 6.07) is 3.39. The van der Waals surface area contributed by atoms with Gasteiger partial charge in [0.2, 0.25) is 0 Å². The highest BCUT2D eigenvalue weighted by molar-refractivity contribution is 5.75. The number of carbonyl (C=O) groups excluding carboxylic acids is 1. The van der Waals surface area contributed by atoms with Crippen molar-refractivity contribution in [3.8, 4) is 0 Å². The minimum absolute atomic E-state index is 0.170. The summed E-state index contributed by atoms with van der Waals surface area (Å²) in [5, 5.41) is 7.68. The lowest BCUT2D eigenvalue weighted by Crippen LogP contribution is -2.32. The van der Waals surface area contributed by atoms with Gasteiger partial charge in [-0.3, -0.25) is 4.79 Å². The van der Waals surface area contributed by atoms with Crippen molar-refractivity contribution in [3.05, 3.63) is 12.1 Å². The van der Waals surface area contributed by atoms with Gasteiger partial charge in [-0.1, -0.05) is 6.92 Å². The smallest absolute Gasteiger partial charge is 0.325 e. The quantitative estimate of drug-likeness (QED) is 0.731. The van der Waals surface area contributed by atoms with E-state index in [-0.39, 0.29) is 12.5 Å². The Bertz CT molecular complexity index is 339. The Labute approximate surface area is 94.4 Å². The molecular formula is C10H16N4O2. The van der Waals surface area contributed by atoms with Crippen LogP contribution in [0.3, 0.4) is 0 Å². The number of nitrogens with zero attached hydrogens (tertiary/aromatic N) is 3. The first-order chi connectivity index (χ1) is 7.67. The van der Waals surface area contributed by atoms with Gasteiger partial charge in [0.1, 0.15) is 12.4 Å². The molecule has 0 aliphatic carbocycles. The third-order valence-electron chi connectivity index (χ3n) is 2.04. The second-order valence-electron chi connectivity index (χ2n) is 3.31. The largest absolute Gasteiger partial charge is 0.468 e. The van der Waals surface area contributed by atoms with Crippen molar-refractivity contribution in [3.63, 3.8) is 0 Å². The van der Waals surface area contributed by atoms with Gasteiger partial charge in [0.05, 0.1) is 7.11 Å². The van der Waals surface area contributed by atoms with Crippen molar-refractivity contribution in [2.24, 2.45) is 0 Å². The lowest BCUT2D eigenvalue weighted by Gasteiger charge is -2.20. The van der Waals surface area contributed by atoms with E-state index in [2.05, 4.69) is 14.9 Å². The lowest BCUT2D eigenvalue weighted by atomic mass is 10.3. The maximum atomic E-state index is 11.2. The van der Waals surface area contributed by atoms with E-state index in [1.54, 1.807) is 17.0 Å². The molecule has 0 spiro atoms. The molecule has 1 aromatic rings. The molecule has 1 aromatic heterocycles. The second kappa shape index (κ2) is 5.89. The van der Waals surface area contributed by atoms with Gasteiger partial charge in [-0.25, -0.2) is 0 Å².